The second kappa shape index (κ2) is 4.11. The molecule has 0 amide bonds. The minimum atomic E-state index is 0.505. The van der Waals surface area contributed by atoms with Gasteiger partial charge < -0.3 is 15.8 Å². The highest BCUT2D eigenvalue weighted by Gasteiger charge is 2.28. The lowest BCUT2D eigenvalue weighted by Gasteiger charge is -2.17. The Kier molecular flexibility index (Phi) is 2.82. The number of hydrogen-bond acceptors (Lipinski definition) is 3. The molecule has 1 aromatic rings. The van der Waals surface area contributed by atoms with Gasteiger partial charge in [-0.05, 0) is 24.1 Å². The molecule has 2 unspecified atom stereocenters. The molecule has 15 heavy (non-hydrogen) atoms. The van der Waals surface area contributed by atoms with Crippen LogP contribution in [0, 0.1) is 5.92 Å². The number of ether oxygens (including phenoxy) is 1. The van der Waals surface area contributed by atoms with Crippen molar-refractivity contribution in [3.63, 3.8) is 0 Å². The third-order valence-corrected chi connectivity index (χ3v) is 3.24. The van der Waals surface area contributed by atoms with Crippen LogP contribution in [0.3, 0.4) is 0 Å². The molecular weight excluding hydrogens is 188 g/mol. The molecule has 0 saturated carbocycles. The molecule has 1 aliphatic rings. The molecule has 3 N–H and O–H groups in total. The van der Waals surface area contributed by atoms with Crippen LogP contribution in [0.4, 0.5) is 5.69 Å². The number of benzene rings is 1. The monoisotopic (exact) mass is 206 g/mol. The van der Waals surface area contributed by atoms with Gasteiger partial charge in [0.2, 0.25) is 0 Å². The van der Waals surface area contributed by atoms with Crippen LogP contribution in [0.5, 0.6) is 5.75 Å². The second-order valence-electron chi connectivity index (χ2n) is 4.12. The van der Waals surface area contributed by atoms with E-state index < -0.39 is 0 Å². The standard InChI is InChI=1S/C12H18N2O/c1-8(6-13)10-7-14-12-9(10)4-3-5-11(12)15-2/h3-5,8,10,14H,6-7,13H2,1-2H3. The Hall–Kier alpha value is -1.22. The normalized spacial score (nSPS) is 20.6. The van der Waals surface area contributed by atoms with Gasteiger partial charge >= 0.3 is 0 Å². The molecule has 1 aromatic carbocycles. The first-order valence-electron chi connectivity index (χ1n) is 5.38. The Bertz CT molecular complexity index is 351. The number of hydrogen-bond donors (Lipinski definition) is 2. The molecule has 0 bridgehead atoms. The Balaban J connectivity index is 2.35. The third-order valence-electron chi connectivity index (χ3n) is 3.24. The van der Waals surface area contributed by atoms with Crippen molar-refractivity contribution >= 4 is 5.69 Å². The van der Waals surface area contributed by atoms with Crippen molar-refractivity contribution in [2.75, 3.05) is 25.5 Å². The molecule has 0 aromatic heterocycles. The van der Waals surface area contributed by atoms with Gasteiger partial charge in [-0.2, -0.15) is 0 Å². The highest BCUT2D eigenvalue weighted by atomic mass is 16.5. The van der Waals surface area contributed by atoms with Crippen LogP contribution < -0.4 is 15.8 Å². The van der Waals surface area contributed by atoms with Crippen LogP contribution in [-0.2, 0) is 0 Å². The molecule has 0 spiro atoms. The van der Waals surface area contributed by atoms with Crippen molar-refractivity contribution in [3.05, 3.63) is 23.8 Å². The average Bonchev–Trinajstić information content (AvgIpc) is 2.71. The maximum Gasteiger partial charge on any atom is 0.142 e. The maximum absolute atomic E-state index is 5.72. The molecule has 3 heteroatoms. The van der Waals surface area contributed by atoms with Crippen LogP contribution >= 0.6 is 0 Å². The number of nitrogens with one attached hydrogen (secondary N) is 1. The van der Waals surface area contributed by atoms with Crippen molar-refractivity contribution in [1.29, 1.82) is 0 Å². The number of methoxy groups -OCH3 is 1. The van der Waals surface area contributed by atoms with E-state index >= 15 is 0 Å². The molecular formula is C12H18N2O. The molecule has 0 radical (unpaired) electrons. The van der Waals surface area contributed by atoms with Crippen LogP contribution in [0.25, 0.3) is 0 Å². The largest absolute Gasteiger partial charge is 0.495 e. The molecule has 1 heterocycles. The highest BCUT2D eigenvalue weighted by molar-refractivity contribution is 5.66. The fourth-order valence-electron chi connectivity index (χ4n) is 2.21. The first kappa shape index (κ1) is 10.3. The number of anilines is 1. The maximum atomic E-state index is 5.72. The molecule has 1 aliphatic heterocycles. The lowest BCUT2D eigenvalue weighted by molar-refractivity contribution is 0.416. The summed E-state index contributed by atoms with van der Waals surface area (Å²) in [5, 5.41) is 3.40. The molecule has 82 valence electrons. The number of nitrogens with two attached hydrogens (primary N) is 1. The first-order valence-corrected chi connectivity index (χ1v) is 5.38. The zero-order valence-corrected chi connectivity index (χ0v) is 9.29. The van der Waals surface area contributed by atoms with Crippen molar-refractivity contribution in [3.8, 4) is 5.75 Å². The van der Waals surface area contributed by atoms with Gasteiger partial charge in [-0.25, -0.2) is 0 Å². The fraction of sp³-hybridized carbons (Fsp3) is 0.500. The molecule has 2 atom stereocenters. The van der Waals surface area contributed by atoms with Crippen molar-refractivity contribution in [1.82, 2.24) is 0 Å². The highest BCUT2D eigenvalue weighted by Crippen LogP contribution is 2.41. The van der Waals surface area contributed by atoms with Crippen LogP contribution in [0.15, 0.2) is 18.2 Å². The van der Waals surface area contributed by atoms with Gasteiger partial charge in [0.05, 0.1) is 12.8 Å². The summed E-state index contributed by atoms with van der Waals surface area (Å²) in [7, 11) is 1.71. The van der Waals surface area contributed by atoms with Gasteiger partial charge in [0.25, 0.3) is 0 Å². The van der Waals surface area contributed by atoms with E-state index in [0.717, 1.165) is 24.5 Å². The zero-order valence-electron chi connectivity index (χ0n) is 9.29. The van der Waals surface area contributed by atoms with Gasteiger partial charge in [0.15, 0.2) is 0 Å². The van der Waals surface area contributed by atoms with Gasteiger partial charge in [-0.1, -0.05) is 19.1 Å². The van der Waals surface area contributed by atoms with E-state index in [-0.39, 0.29) is 0 Å². The number of fused-ring (bicyclic) bond motifs is 1. The fourth-order valence-corrected chi connectivity index (χ4v) is 2.21. The smallest absolute Gasteiger partial charge is 0.142 e. The summed E-state index contributed by atoms with van der Waals surface area (Å²) in [5.74, 6) is 1.95. The predicted octanol–water partition coefficient (Wildman–Crippen LogP) is 1.80. The Morgan fingerprint density at radius 1 is 1.60 bits per heavy atom. The molecule has 0 fully saturated rings. The van der Waals surface area contributed by atoms with E-state index in [9.17, 15) is 0 Å². The summed E-state index contributed by atoms with van der Waals surface area (Å²) < 4.78 is 5.33. The van der Waals surface area contributed by atoms with E-state index in [4.69, 9.17) is 10.5 Å². The van der Waals surface area contributed by atoms with Crippen molar-refractivity contribution in [2.45, 2.75) is 12.8 Å². The summed E-state index contributed by atoms with van der Waals surface area (Å²) in [6.45, 7) is 3.89. The van der Waals surface area contributed by atoms with Crippen LogP contribution in [0.2, 0.25) is 0 Å². The first-order chi connectivity index (χ1) is 7.27. The Morgan fingerprint density at radius 3 is 3.07 bits per heavy atom. The Labute approximate surface area is 90.6 Å². The lowest BCUT2D eigenvalue weighted by atomic mass is 9.89. The zero-order chi connectivity index (χ0) is 10.8. The SMILES string of the molecule is COc1cccc2c1NCC2C(C)CN. The summed E-state index contributed by atoms with van der Waals surface area (Å²) in [5.41, 5.74) is 8.20. The van der Waals surface area contributed by atoms with E-state index in [1.54, 1.807) is 7.11 Å². The molecule has 3 nitrogen and oxygen atoms in total. The minimum Gasteiger partial charge on any atom is -0.495 e. The van der Waals surface area contributed by atoms with Gasteiger partial charge in [0, 0.05) is 12.5 Å². The topological polar surface area (TPSA) is 47.3 Å². The summed E-state index contributed by atoms with van der Waals surface area (Å²) in [4.78, 5) is 0. The third kappa shape index (κ3) is 1.67. The van der Waals surface area contributed by atoms with E-state index in [1.807, 2.05) is 12.1 Å². The molecule has 2 rings (SSSR count). The van der Waals surface area contributed by atoms with Crippen molar-refractivity contribution in [2.24, 2.45) is 11.7 Å². The van der Waals surface area contributed by atoms with E-state index in [2.05, 4.69) is 18.3 Å². The molecule has 0 saturated heterocycles. The number of para-hydroxylation sites is 1. The van der Waals surface area contributed by atoms with Crippen LogP contribution in [0.1, 0.15) is 18.4 Å². The summed E-state index contributed by atoms with van der Waals surface area (Å²) >= 11 is 0. The lowest BCUT2D eigenvalue weighted by Crippen LogP contribution is -2.20. The summed E-state index contributed by atoms with van der Waals surface area (Å²) in [6.07, 6.45) is 0. The predicted molar refractivity (Wildman–Crippen MR) is 62.4 cm³/mol. The molecule has 0 aliphatic carbocycles. The van der Waals surface area contributed by atoms with Crippen molar-refractivity contribution < 1.29 is 4.74 Å². The summed E-state index contributed by atoms with van der Waals surface area (Å²) in [6, 6.07) is 6.19. The average molecular weight is 206 g/mol. The van der Waals surface area contributed by atoms with E-state index in [0.29, 0.717) is 11.8 Å². The van der Waals surface area contributed by atoms with E-state index in [1.165, 1.54) is 5.56 Å². The minimum absolute atomic E-state index is 0.505. The Morgan fingerprint density at radius 2 is 2.40 bits per heavy atom. The second-order valence-corrected chi connectivity index (χ2v) is 4.12. The van der Waals surface area contributed by atoms with Gasteiger partial charge in [-0.15, -0.1) is 0 Å². The number of rotatable bonds is 3. The van der Waals surface area contributed by atoms with Gasteiger partial charge in [0.1, 0.15) is 5.75 Å². The van der Waals surface area contributed by atoms with Gasteiger partial charge in [-0.3, -0.25) is 0 Å². The van der Waals surface area contributed by atoms with Crippen LogP contribution in [-0.4, -0.2) is 20.2 Å². The quantitative estimate of drug-likeness (QED) is 0.792.